The van der Waals surface area contributed by atoms with Gasteiger partial charge in [-0.1, -0.05) is 20.3 Å². The number of rotatable bonds is 6. The quantitative estimate of drug-likeness (QED) is 0.754. The van der Waals surface area contributed by atoms with Crippen LogP contribution in [0.3, 0.4) is 0 Å². The lowest BCUT2D eigenvalue weighted by Gasteiger charge is -2.14. The standard InChI is InChI=1S/C13H21NO2/c1-4-5-10(2)9-16-13-8-11(14)6-7-12(13)15-3/h6-8,10H,4-5,9,14H2,1-3H3. The molecule has 3 heteroatoms. The predicted molar refractivity (Wildman–Crippen MR) is 67.0 cm³/mol. The molecule has 16 heavy (non-hydrogen) atoms. The van der Waals surface area contributed by atoms with Crippen LogP contribution in [0.5, 0.6) is 11.5 Å². The molecule has 0 aromatic heterocycles. The second-order valence-corrected chi connectivity index (χ2v) is 4.12. The lowest BCUT2D eigenvalue weighted by molar-refractivity contribution is 0.240. The van der Waals surface area contributed by atoms with Gasteiger partial charge in [0.1, 0.15) is 0 Å². The Morgan fingerprint density at radius 2 is 2.06 bits per heavy atom. The molecule has 1 rings (SSSR count). The lowest BCUT2D eigenvalue weighted by Crippen LogP contribution is -2.09. The molecule has 1 aromatic carbocycles. The van der Waals surface area contributed by atoms with Gasteiger partial charge in [-0.3, -0.25) is 0 Å². The Morgan fingerprint density at radius 1 is 1.31 bits per heavy atom. The van der Waals surface area contributed by atoms with E-state index in [1.165, 1.54) is 12.8 Å². The van der Waals surface area contributed by atoms with Gasteiger partial charge in [0, 0.05) is 11.8 Å². The molecule has 0 aliphatic heterocycles. The molecule has 2 N–H and O–H groups in total. The monoisotopic (exact) mass is 223 g/mol. The predicted octanol–water partition coefficient (Wildman–Crippen LogP) is 3.09. The van der Waals surface area contributed by atoms with Crippen LogP contribution in [0, 0.1) is 5.92 Å². The molecule has 0 aliphatic carbocycles. The number of nitrogen functional groups attached to an aromatic ring is 1. The molecular formula is C13H21NO2. The van der Waals surface area contributed by atoms with E-state index in [4.69, 9.17) is 15.2 Å². The molecule has 0 spiro atoms. The third-order valence-electron chi connectivity index (χ3n) is 2.49. The van der Waals surface area contributed by atoms with Gasteiger partial charge in [0.2, 0.25) is 0 Å². The molecule has 0 radical (unpaired) electrons. The van der Waals surface area contributed by atoms with E-state index in [1.807, 2.05) is 6.07 Å². The summed E-state index contributed by atoms with van der Waals surface area (Å²) in [6.07, 6.45) is 2.35. The highest BCUT2D eigenvalue weighted by Gasteiger charge is 2.07. The molecule has 90 valence electrons. The number of nitrogens with two attached hydrogens (primary N) is 1. The van der Waals surface area contributed by atoms with Crippen LogP contribution in [0.4, 0.5) is 5.69 Å². The van der Waals surface area contributed by atoms with Crippen molar-refractivity contribution in [1.82, 2.24) is 0 Å². The minimum atomic E-state index is 0.552. The summed E-state index contributed by atoms with van der Waals surface area (Å²) in [4.78, 5) is 0. The Labute approximate surface area is 97.6 Å². The summed E-state index contributed by atoms with van der Waals surface area (Å²) in [7, 11) is 1.63. The van der Waals surface area contributed by atoms with Crippen molar-refractivity contribution in [2.45, 2.75) is 26.7 Å². The molecule has 3 nitrogen and oxygen atoms in total. The number of anilines is 1. The second-order valence-electron chi connectivity index (χ2n) is 4.12. The van der Waals surface area contributed by atoms with Crippen molar-refractivity contribution in [2.75, 3.05) is 19.5 Å². The highest BCUT2D eigenvalue weighted by molar-refractivity contribution is 5.51. The fourth-order valence-electron chi connectivity index (χ4n) is 1.61. The van der Waals surface area contributed by atoms with Gasteiger partial charge in [-0.2, -0.15) is 0 Å². The first-order valence-corrected chi connectivity index (χ1v) is 5.73. The Bertz CT molecular complexity index is 326. The van der Waals surface area contributed by atoms with Crippen LogP contribution in [0.1, 0.15) is 26.7 Å². The average Bonchev–Trinajstić information content (AvgIpc) is 2.27. The molecule has 1 unspecified atom stereocenters. The van der Waals surface area contributed by atoms with Crippen molar-refractivity contribution >= 4 is 5.69 Å². The van der Waals surface area contributed by atoms with E-state index >= 15 is 0 Å². The van der Waals surface area contributed by atoms with Gasteiger partial charge in [-0.05, 0) is 24.5 Å². The Hall–Kier alpha value is -1.38. The van der Waals surface area contributed by atoms with E-state index in [-0.39, 0.29) is 0 Å². The summed E-state index contributed by atoms with van der Waals surface area (Å²) in [5, 5.41) is 0. The van der Waals surface area contributed by atoms with Gasteiger partial charge in [-0.25, -0.2) is 0 Å². The molecule has 0 saturated heterocycles. The third kappa shape index (κ3) is 3.65. The van der Waals surface area contributed by atoms with Gasteiger partial charge in [0.05, 0.1) is 13.7 Å². The van der Waals surface area contributed by atoms with Crippen molar-refractivity contribution in [3.8, 4) is 11.5 Å². The van der Waals surface area contributed by atoms with Crippen LogP contribution in [0.2, 0.25) is 0 Å². The molecule has 0 aliphatic rings. The van der Waals surface area contributed by atoms with Crippen LogP contribution >= 0.6 is 0 Å². The summed E-state index contributed by atoms with van der Waals surface area (Å²) in [5.41, 5.74) is 6.41. The van der Waals surface area contributed by atoms with E-state index in [0.29, 0.717) is 18.2 Å². The Kier molecular flexibility index (Phi) is 4.96. The first kappa shape index (κ1) is 12.7. The first-order chi connectivity index (χ1) is 7.67. The maximum atomic E-state index is 5.72. The van der Waals surface area contributed by atoms with E-state index in [2.05, 4.69) is 13.8 Å². The van der Waals surface area contributed by atoms with Crippen LogP contribution < -0.4 is 15.2 Å². The maximum absolute atomic E-state index is 5.72. The minimum absolute atomic E-state index is 0.552. The summed E-state index contributed by atoms with van der Waals surface area (Å²) >= 11 is 0. The van der Waals surface area contributed by atoms with Crippen molar-refractivity contribution in [3.05, 3.63) is 18.2 Å². The van der Waals surface area contributed by atoms with Gasteiger partial charge < -0.3 is 15.2 Å². The van der Waals surface area contributed by atoms with Gasteiger partial charge in [0.25, 0.3) is 0 Å². The van der Waals surface area contributed by atoms with Crippen LogP contribution in [0.15, 0.2) is 18.2 Å². The topological polar surface area (TPSA) is 44.5 Å². The van der Waals surface area contributed by atoms with Crippen LogP contribution in [-0.2, 0) is 0 Å². The van der Waals surface area contributed by atoms with Crippen molar-refractivity contribution in [3.63, 3.8) is 0 Å². The van der Waals surface area contributed by atoms with E-state index in [1.54, 1.807) is 19.2 Å². The average molecular weight is 223 g/mol. The second kappa shape index (κ2) is 6.26. The zero-order valence-electron chi connectivity index (χ0n) is 10.3. The van der Waals surface area contributed by atoms with Crippen molar-refractivity contribution in [1.29, 1.82) is 0 Å². The highest BCUT2D eigenvalue weighted by Crippen LogP contribution is 2.29. The van der Waals surface area contributed by atoms with E-state index in [9.17, 15) is 0 Å². The normalized spacial score (nSPS) is 12.2. The van der Waals surface area contributed by atoms with Crippen LogP contribution in [0.25, 0.3) is 0 Å². The SMILES string of the molecule is CCCC(C)COc1cc(N)ccc1OC. The number of hydrogen-bond donors (Lipinski definition) is 1. The molecule has 0 saturated carbocycles. The molecule has 0 fully saturated rings. The highest BCUT2D eigenvalue weighted by atomic mass is 16.5. The number of benzene rings is 1. The zero-order chi connectivity index (χ0) is 12.0. The van der Waals surface area contributed by atoms with Gasteiger partial charge >= 0.3 is 0 Å². The maximum Gasteiger partial charge on any atom is 0.163 e. The number of methoxy groups -OCH3 is 1. The largest absolute Gasteiger partial charge is 0.493 e. The summed E-state index contributed by atoms with van der Waals surface area (Å²) in [5.74, 6) is 2.01. The minimum Gasteiger partial charge on any atom is -0.493 e. The molecule has 0 heterocycles. The Balaban J connectivity index is 2.61. The summed E-state index contributed by atoms with van der Waals surface area (Å²) < 4.78 is 10.9. The Morgan fingerprint density at radius 3 is 2.69 bits per heavy atom. The van der Waals surface area contributed by atoms with Crippen molar-refractivity contribution < 1.29 is 9.47 Å². The van der Waals surface area contributed by atoms with E-state index in [0.717, 1.165) is 11.5 Å². The summed E-state index contributed by atoms with van der Waals surface area (Å²) in [6.45, 7) is 5.06. The number of ether oxygens (including phenoxy) is 2. The van der Waals surface area contributed by atoms with Gasteiger partial charge in [0.15, 0.2) is 11.5 Å². The lowest BCUT2D eigenvalue weighted by atomic mass is 10.1. The number of hydrogen-bond acceptors (Lipinski definition) is 3. The van der Waals surface area contributed by atoms with E-state index < -0.39 is 0 Å². The third-order valence-corrected chi connectivity index (χ3v) is 2.49. The van der Waals surface area contributed by atoms with Crippen molar-refractivity contribution in [2.24, 2.45) is 5.92 Å². The zero-order valence-corrected chi connectivity index (χ0v) is 10.3. The molecule has 1 atom stereocenters. The molecule has 0 bridgehead atoms. The smallest absolute Gasteiger partial charge is 0.163 e. The summed E-state index contributed by atoms with van der Waals surface area (Å²) in [6, 6.07) is 5.44. The first-order valence-electron chi connectivity index (χ1n) is 5.73. The molecular weight excluding hydrogens is 202 g/mol. The fourth-order valence-corrected chi connectivity index (χ4v) is 1.61. The fraction of sp³-hybridized carbons (Fsp3) is 0.538. The molecule has 1 aromatic rings. The van der Waals surface area contributed by atoms with Gasteiger partial charge in [-0.15, -0.1) is 0 Å². The molecule has 0 amide bonds. The van der Waals surface area contributed by atoms with Crippen LogP contribution in [-0.4, -0.2) is 13.7 Å².